The highest BCUT2D eigenvalue weighted by atomic mass is 35.5. The van der Waals surface area contributed by atoms with Gasteiger partial charge in [0.25, 0.3) is 0 Å². The molecule has 2 aromatic rings. The van der Waals surface area contributed by atoms with Crippen molar-refractivity contribution in [2.45, 2.75) is 13.0 Å². The first-order chi connectivity index (χ1) is 9.49. The second kappa shape index (κ2) is 6.38. The van der Waals surface area contributed by atoms with Gasteiger partial charge in [-0.05, 0) is 36.8 Å². The van der Waals surface area contributed by atoms with Gasteiger partial charge in [-0.15, -0.1) is 0 Å². The van der Waals surface area contributed by atoms with Crippen molar-refractivity contribution in [1.29, 1.82) is 0 Å². The van der Waals surface area contributed by atoms with Crippen LogP contribution in [0.4, 0.5) is 11.4 Å². The summed E-state index contributed by atoms with van der Waals surface area (Å²) in [4.78, 5) is 2.09. The maximum Gasteiger partial charge on any atom is 0.0596 e. The fourth-order valence-electron chi connectivity index (χ4n) is 2.08. The molecule has 0 aromatic heterocycles. The van der Waals surface area contributed by atoms with E-state index < -0.39 is 0 Å². The quantitative estimate of drug-likeness (QED) is 0.831. The van der Waals surface area contributed by atoms with Crippen molar-refractivity contribution in [2.24, 2.45) is 0 Å². The molecule has 1 atom stereocenters. The van der Waals surface area contributed by atoms with Gasteiger partial charge in [0, 0.05) is 20.1 Å². The van der Waals surface area contributed by atoms with Crippen LogP contribution >= 0.6 is 23.2 Å². The lowest BCUT2D eigenvalue weighted by atomic mass is 10.1. The summed E-state index contributed by atoms with van der Waals surface area (Å²) in [5.74, 6) is 0. The van der Waals surface area contributed by atoms with Gasteiger partial charge in [-0.3, -0.25) is 0 Å². The summed E-state index contributed by atoms with van der Waals surface area (Å²) in [7, 11) is 4.06. The van der Waals surface area contributed by atoms with Gasteiger partial charge in [-0.2, -0.15) is 0 Å². The Bertz CT molecular complexity index is 597. The third-order valence-electron chi connectivity index (χ3n) is 3.20. The van der Waals surface area contributed by atoms with Crippen LogP contribution in [0.5, 0.6) is 0 Å². The zero-order valence-electron chi connectivity index (χ0n) is 11.8. The van der Waals surface area contributed by atoms with Crippen LogP contribution in [0, 0.1) is 0 Å². The van der Waals surface area contributed by atoms with Gasteiger partial charge >= 0.3 is 0 Å². The zero-order valence-corrected chi connectivity index (χ0v) is 13.3. The Morgan fingerprint density at radius 3 is 2.35 bits per heavy atom. The van der Waals surface area contributed by atoms with E-state index in [9.17, 15) is 0 Å². The molecule has 0 saturated heterocycles. The van der Waals surface area contributed by atoms with Crippen molar-refractivity contribution in [3.8, 4) is 0 Å². The topological polar surface area (TPSA) is 15.3 Å². The van der Waals surface area contributed by atoms with E-state index >= 15 is 0 Å². The molecule has 0 bridgehead atoms. The van der Waals surface area contributed by atoms with Gasteiger partial charge in [0.1, 0.15) is 0 Å². The minimum Gasteiger partial charge on any atom is -0.377 e. The van der Waals surface area contributed by atoms with Crippen LogP contribution in [0.3, 0.4) is 0 Å². The van der Waals surface area contributed by atoms with Crippen LogP contribution < -0.4 is 10.2 Å². The first-order valence-corrected chi connectivity index (χ1v) is 7.22. The van der Waals surface area contributed by atoms with Crippen LogP contribution in [0.15, 0.2) is 42.5 Å². The number of hydrogen-bond acceptors (Lipinski definition) is 2. The van der Waals surface area contributed by atoms with Crippen molar-refractivity contribution in [3.05, 3.63) is 58.1 Å². The molecule has 1 unspecified atom stereocenters. The number of para-hydroxylation sites is 2. The van der Waals surface area contributed by atoms with E-state index in [1.807, 2.05) is 44.4 Å². The molecule has 4 heteroatoms. The second-order valence-corrected chi connectivity index (χ2v) is 5.77. The van der Waals surface area contributed by atoms with Crippen LogP contribution in [-0.4, -0.2) is 14.1 Å². The van der Waals surface area contributed by atoms with E-state index in [1.165, 1.54) is 0 Å². The fraction of sp³-hybridized carbons (Fsp3) is 0.250. The number of hydrogen-bond donors (Lipinski definition) is 1. The van der Waals surface area contributed by atoms with Crippen LogP contribution in [-0.2, 0) is 0 Å². The summed E-state index contributed by atoms with van der Waals surface area (Å²) in [5, 5.41) is 4.67. The van der Waals surface area contributed by atoms with Gasteiger partial charge in [0.05, 0.1) is 21.4 Å². The van der Waals surface area contributed by atoms with E-state index in [0.29, 0.717) is 10.0 Å². The summed E-state index contributed by atoms with van der Waals surface area (Å²) in [6.45, 7) is 2.10. The Balaban J connectivity index is 2.23. The maximum absolute atomic E-state index is 6.07. The van der Waals surface area contributed by atoms with Crippen molar-refractivity contribution in [3.63, 3.8) is 0 Å². The first-order valence-electron chi connectivity index (χ1n) is 6.47. The molecule has 2 aromatic carbocycles. The van der Waals surface area contributed by atoms with Crippen LogP contribution in [0.2, 0.25) is 10.0 Å². The third kappa shape index (κ3) is 3.38. The third-order valence-corrected chi connectivity index (χ3v) is 3.94. The van der Waals surface area contributed by atoms with E-state index in [2.05, 4.69) is 29.3 Å². The van der Waals surface area contributed by atoms with Gasteiger partial charge in [0.15, 0.2) is 0 Å². The molecule has 20 heavy (non-hydrogen) atoms. The standard InChI is InChI=1S/C16H18Cl2N2/c1-11(12-8-9-13(17)14(18)10-12)19-15-6-4-5-7-16(15)20(2)3/h4-11,19H,1-3H3. The minimum absolute atomic E-state index is 0.144. The molecular formula is C16H18Cl2N2. The Morgan fingerprint density at radius 2 is 1.70 bits per heavy atom. The molecule has 106 valence electrons. The van der Waals surface area contributed by atoms with Crippen LogP contribution in [0.25, 0.3) is 0 Å². The summed E-state index contributed by atoms with van der Waals surface area (Å²) in [6, 6.07) is 14.1. The molecule has 2 rings (SSSR count). The van der Waals surface area contributed by atoms with Crippen molar-refractivity contribution >= 4 is 34.6 Å². The Kier molecular flexibility index (Phi) is 4.79. The molecule has 0 fully saturated rings. The van der Waals surface area contributed by atoms with E-state index in [1.54, 1.807) is 0 Å². The molecule has 0 aliphatic carbocycles. The smallest absolute Gasteiger partial charge is 0.0596 e. The zero-order chi connectivity index (χ0) is 14.7. The van der Waals surface area contributed by atoms with E-state index in [4.69, 9.17) is 23.2 Å². The number of rotatable bonds is 4. The highest BCUT2D eigenvalue weighted by Gasteiger charge is 2.10. The van der Waals surface area contributed by atoms with Gasteiger partial charge in [-0.1, -0.05) is 41.4 Å². The molecule has 0 amide bonds. The summed E-state index contributed by atoms with van der Waals surface area (Å²) in [5.41, 5.74) is 3.35. The van der Waals surface area contributed by atoms with Gasteiger partial charge in [0.2, 0.25) is 0 Å². The SMILES string of the molecule is CC(Nc1ccccc1N(C)C)c1ccc(Cl)c(Cl)c1. The monoisotopic (exact) mass is 308 g/mol. The second-order valence-electron chi connectivity index (χ2n) is 4.95. The normalized spacial score (nSPS) is 12.1. The highest BCUT2D eigenvalue weighted by molar-refractivity contribution is 6.42. The average Bonchev–Trinajstić information content (AvgIpc) is 2.42. The van der Waals surface area contributed by atoms with Gasteiger partial charge in [-0.25, -0.2) is 0 Å². The van der Waals surface area contributed by atoms with Crippen molar-refractivity contribution in [1.82, 2.24) is 0 Å². The summed E-state index contributed by atoms with van der Waals surface area (Å²) in [6.07, 6.45) is 0. The molecule has 0 radical (unpaired) electrons. The van der Waals surface area contributed by atoms with Crippen molar-refractivity contribution in [2.75, 3.05) is 24.3 Å². The molecule has 0 aliphatic heterocycles. The van der Waals surface area contributed by atoms with E-state index in [0.717, 1.165) is 16.9 Å². The Morgan fingerprint density at radius 1 is 1.00 bits per heavy atom. The lowest BCUT2D eigenvalue weighted by Crippen LogP contribution is -2.14. The predicted molar refractivity (Wildman–Crippen MR) is 89.3 cm³/mol. The molecule has 1 N–H and O–H groups in total. The molecular weight excluding hydrogens is 291 g/mol. The van der Waals surface area contributed by atoms with Gasteiger partial charge < -0.3 is 10.2 Å². The fourth-order valence-corrected chi connectivity index (χ4v) is 2.39. The Labute approximate surface area is 130 Å². The number of halogens is 2. The summed E-state index contributed by atoms with van der Waals surface area (Å²) >= 11 is 12.0. The van der Waals surface area contributed by atoms with Crippen LogP contribution in [0.1, 0.15) is 18.5 Å². The molecule has 2 nitrogen and oxygen atoms in total. The number of anilines is 2. The lowest BCUT2D eigenvalue weighted by molar-refractivity contribution is 0.883. The highest BCUT2D eigenvalue weighted by Crippen LogP contribution is 2.30. The first kappa shape index (κ1) is 15.0. The lowest BCUT2D eigenvalue weighted by Gasteiger charge is -2.22. The molecule has 0 heterocycles. The molecule has 0 aliphatic rings. The summed E-state index contributed by atoms with van der Waals surface area (Å²) < 4.78 is 0. The number of nitrogens with zero attached hydrogens (tertiary/aromatic N) is 1. The van der Waals surface area contributed by atoms with Crippen molar-refractivity contribution < 1.29 is 0 Å². The Hall–Kier alpha value is -1.38. The number of benzene rings is 2. The van der Waals surface area contributed by atoms with E-state index in [-0.39, 0.29) is 6.04 Å². The average molecular weight is 309 g/mol. The number of nitrogens with one attached hydrogen (secondary N) is 1. The molecule has 0 spiro atoms. The maximum atomic E-state index is 6.07. The largest absolute Gasteiger partial charge is 0.377 e. The predicted octanol–water partition coefficient (Wildman–Crippen LogP) is 5.23. The minimum atomic E-state index is 0.144. The molecule has 0 saturated carbocycles.